The van der Waals surface area contributed by atoms with Crippen molar-refractivity contribution in [2.45, 2.75) is 75.6 Å². The minimum atomic E-state index is -4.17. The second kappa shape index (κ2) is 19.4. The quantitative estimate of drug-likeness (QED) is 0.0839. The molecule has 0 aromatic heterocycles. The number of ether oxygens (including phenoxy) is 3. The van der Waals surface area contributed by atoms with Crippen molar-refractivity contribution in [2.75, 3.05) is 51.2 Å². The standard InChI is InChI=1S/C45H57BN4O8S/c1-45(2,23-24-49(28-35-16-9-5-10-17-35)29-36-18-11-6-12-19-36)32-50(59(53,54)38-21-13-20-37(27-38)48(3)46-33-57-46)30-41(51)40(26-34-14-7-4-8-15-34)47-44(52)58-42-31-56-43-39(42)22-25-55-43/h4-21,27,39-43,51H,22-26,28-33H2,1-3H3,(H,47,52)/t39-,40-,41+,42-,43+/m0/s1. The number of benzene rings is 4. The number of carbonyl (C=O) groups excluding carboxylic acids is 1. The summed E-state index contributed by atoms with van der Waals surface area (Å²) in [7, 11) is -2.40. The molecule has 0 saturated carbocycles. The van der Waals surface area contributed by atoms with Gasteiger partial charge in [-0.25, -0.2) is 13.2 Å². The molecule has 0 unspecified atom stereocenters. The summed E-state index contributed by atoms with van der Waals surface area (Å²) in [6.07, 6.45) is -1.22. The van der Waals surface area contributed by atoms with Crippen LogP contribution in [-0.4, -0.2) is 107 Å². The lowest BCUT2D eigenvalue weighted by Gasteiger charge is -2.36. The van der Waals surface area contributed by atoms with Gasteiger partial charge in [0.05, 0.1) is 42.7 Å². The molecule has 59 heavy (non-hydrogen) atoms. The van der Waals surface area contributed by atoms with Crippen LogP contribution in [0.4, 0.5) is 10.5 Å². The van der Waals surface area contributed by atoms with Gasteiger partial charge in [-0.3, -0.25) is 4.90 Å². The summed E-state index contributed by atoms with van der Waals surface area (Å²) in [4.78, 5) is 17.9. The first-order valence-corrected chi connectivity index (χ1v) is 22.0. The van der Waals surface area contributed by atoms with Crippen molar-refractivity contribution in [3.05, 3.63) is 132 Å². The van der Waals surface area contributed by atoms with E-state index in [1.54, 1.807) is 18.2 Å². The smallest absolute Gasteiger partial charge is 0.440 e. The van der Waals surface area contributed by atoms with Crippen LogP contribution in [0.5, 0.6) is 0 Å². The lowest BCUT2D eigenvalue weighted by molar-refractivity contribution is -0.0907. The van der Waals surface area contributed by atoms with E-state index in [9.17, 15) is 18.3 Å². The van der Waals surface area contributed by atoms with Gasteiger partial charge in [-0.2, -0.15) is 4.31 Å². The lowest BCUT2D eigenvalue weighted by Crippen LogP contribution is -2.52. The molecular weight excluding hydrogens is 767 g/mol. The highest BCUT2D eigenvalue weighted by atomic mass is 32.2. The summed E-state index contributed by atoms with van der Waals surface area (Å²) in [6, 6.07) is 36.2. The van der Waals surface area contributed by atoms with Crippen molar-refractivity contribution in [1.29, 1.82) is 0 Å². The number of carbonyl (C=O) groups is 1. The molecule has 1 amide bonds. The Morgan fingerprint density at radius 2 is 1.54 bits per heavy atom. The zero-order valence-electron chi connectivity index (χ0n) is 34.3. The molecule has 3 fully saturated rings. The summed E-state index contributed by atoms with van der Waals surface area (Å²) in [5.74, 6) is -0.0568. The Morgan fingerprint density at radius 1 is 0.915 bits per heavy atom. The Labute approximate surface area is 349 Å². The van der Waals surface area contributed by atoms with Crippen LogP contribution in [0.15, 0.2) is 120 Å². The first-order valence-electron chi connectivity index (χ1n) is 20.6. The Morgan fingerprint density at radius 3 is 2.17 bits per heavy atom. The van der Waals surface area contributed by atoms with Gasteiger partial charge in [0.25, 0.3) is 0 Å². The molecule has 0 bridgehead atoms. The summed E-state index contributed by atoms with van der Waals surface area (Å²) in [5.41, 5.74) is 3.45. The van der Waals surface area contributed by atoms with Crippen molar-refractivity contribution >= 4 is 28.9 Å². The number of nitrogens with one attached hydrogen (secondary N) is 1. The van der Waals surface area contributed by atoms with Gasteiger partial charge in [0, 0.05) is 31.9 Å². The van der Waals surface area contributed by atoms with E-state index in [4.69, 9.17) is 18.9 Å². The lowest BCUT2D eigenvalue weighted by atomic mass is 9.88. The molecule has 0 spiro atoms. The van der Waals surface area contributed by atoms with E-state index >= 15 is 0 Å². The molecule has 12 nitrogen and oxygen atoms in total. The zero-order valence-corrected chi connectivity index (χ0v) is 35.1. The molecule has 3 aliphatic rings. The SMILES string of the molecule is CN(B1CO1)c1cccc(S(=O)(=O)N(C[C@@H](O)[C@H](Cc2ccccc2)NC(=O)O[C@H]2CO[C@H]3OCC[C@H]32)CC(C)(C)CCN(Cc2ccccc2)Cc2ccccc2)c1. The first kappa shape index (κ1) is 42.8. The maximum Gasteiger partial charge on any atom is 0.440 e. The summed E-state index contributed by atoms with van der Waals surface area (Å²) >= 11 is 0. The highest BCUT2D eigenvalue weighted by molar-refractivity contribution is 7.89. The maximum atomic E-state index is 14.9. The normalized spacial score (nSPS) is 20.0. The number of aliphatic hydroxyl groups is 1. The van der Waals surface area contributed by atoms with Gasteiger partial charge in [-0.15, -0.1) is 0 Å². The van der Waals surface area contributed by atoms with Crippen LogP contribution in [-0.2, 0) is 48.4 Å². The average Bonchev–Trinajstić information content (AvgIpc) is 3.87. The summed E-state index contributed by atoms with van der Waals surface area (Å²) in [5, 5.41) is 15.0. The number of hydrogen-bond donors (Lipinski definition) is 2. The van der Waals surface area contributed by atoms with Gasteiger partial charge in [0.1, 0.15) is 6.10 Å². The van der Waals surface area contributed by atoms with Gasteiger partial charge in [-0.1, -0.05) is 111 Å². The van der Waals surface area contributed by atoms with E-state index in [1.807, 2.05) is 84.7 Å². The maximum absolute atomic E-state index is 14.9. The second-order valence-electron chi connectivity index (χ2n) is 16.8. The molecule has 5 atom stereocenters. The minimum absolute atomic E-state index is 0.0568. The molecule has 7 rings (SSSR count). The molecule has 0 radical (unpaired) electrons. The van der Waals surface area contributed by atoms with Gasteiger partial charge in [0.2, 0.25) is 10.0 Å². The van der Waals surface area contributed by atoms with Gasteiger partial charge in [-0.05, 0) is 73.2 Å². The summed E-state index contributed by atoms with van der Waals surface area (Å²) < 4.78 is 53.8. The minimum Gasteiger partial charge on any atom is -0.443 e. The average molecular weight is 825 g/mol. The third kappa shape index (κ3) is 11.7. The number of anilines is 1. The number of nitrogens with zero attached hydrogens (tertiary/aromatic N) is 3. The topological polar surface area (TPSA) is 133 Å². The van der Waals surface area contributed by atoms with Gasteiger partial charge in [0.15, 0.2) is 6.29 Å². The van der Waals surface area contributed by atoms with Crippen LogP contribution in [0.25, 0.3) is 0 Å². The van der Waals surface area contributed by atoms with E-state index in [0.717, 1.165) is 25.1 Å². The fourth-order valence-corrected chi connectivity index (χ4v) is 9.65. The van der Waals surface area contributed by atoms with E-state index in [1.165, 1.54) is 15.4 Å². The third-order valence-electron chi connectivity index (χ3n) is 11.5. The Bertz CT molecular complexity index is 2020. The number of alkyl carbamates (subject to hydrolysis) is 1. The number of sulfonamides is 1. The van der Waals surface area contributed by atoms with E-state index in [2.05, 4.69) is 48.3 Å². The van der Waals surface area contributed by atoms with Crippen LogP contribution < -0.4 is 10.1 Å². The molecule has 2 N–H and O–H groups in total. The molecule has 14 heteroatoms. The molecule has 4 aromatic carbocycles. The zero-order chi connectivity index (χ0) is 41.4. The van der Waals surface area contributed by atoms with Crippen molar-refractivity contribution in [2.24, 2.45) is 11.3 Å². The molecule has 3 aliphatic heterocycles. The van der Waals surface area contributed by atoms with Crippen molar-refractivity contribution in [3.63, 3.8) is 0 Å². The highest BCUT2D eigenvalue weighted by Crippen LogP contribution is 2.33. The molecule has 0 aliphatic carbocycles. The molecule has 3 heterocycles. The molecule has 314 valence electrons. The van der Waals surface area contributed by atoms with Crippen molar-refractivity contribution in [3.8, 4) is 0 Å². The number of rotatable bonds is 20. The Balaban J connectivity index is 1.13. The van der Waals surface area contributed by atoms with Crippen LogP contribution in [0.3, 0.4) is 0 Å². The number of hydrogen-bond acceptors (Lipinski definition) is 10. The first-order chi connectivity index (χ1) is 28.4. The van der Waals surface area contributed by atoms with Gasteiger partial charge >= 0.3 is 13.1 Å². The van der Waals surface area contributed by atoms with E-state index in [-0.39, 0.29) is 50.3 Å². The molecule has 3 saturated heterocycles. The van der Waals surface area contributed by atoms with E-state index < -0.39 is 39.8 Å². The Kier molecular flexibility index (Phi) is 14.1. The van der Waals surface area contributed by atoms with Crippen molar-refractivity contribution in [1.82, 2.24) is 14.5 Å². The van der Waals surface area contributed by atoms with E-state index in [0.29, 0.717) is 31.8 Å². The number of fused-ring (bicyclic) bond motifs is 1. The predicted octanol–water partition coefficient (Wildman–Crippen LogP) is 5.75. The number of aliphatic hydroxyl groups excluding tert-OH is 1. The fourth-order valence-electron chi connectivity index (χ4n) is 7.97. The number of amides is 1. The highest BCUT2D eigenvalue weighted by Gasteiger charge is 2.44. The van der Waals surface area contributed by atoms with Crippen LogP contribution in [0.2, 0.25) is 0 Å². The predicted molar refractivity (Wildman–Crippen MR) is 228 cm³/mol. The third-order valence-corrected chi connectivity index (χ3v) is 13.3. The van der Waals surface area contributed by atoms with Gasteiger partial charge < -0.3 is 34.1 Å². The Hall–Kier alpha value is -4.28. The second-order valence-corrected chi connectivity index (χ2v) is 18.7. The largest absolute Gasteiger partial charge is 0.443 e. The van der Waals surface area contributed by atoms with Crippen molar-refractivity contribution < 1.29 is 37.2 Å². The van der Waals surface area contributed by atoms with Crippen LogP contribution in [0, 0.1) is 11.3 Å². The summed E-state index contributed by atoms with van der Waals surface area (Å²) in [6.45, 7) is 7.52. The monoisotopic (exact) mass is 824 g/mol. The van der Waals surface area contributed by atoms with Crippen LogP contribution >= 0.6 is 0 Å². The fraction of sp³-hybridized carbons (Fsp3) is 0.444. The molecule has 4 aromatic rings. The van der Waals surface area contributed by atoms with Crippen LogP contribution in [0.1, 0.15) is 43.4 Å². The molecular formula is C45H57BN4O8S.